The maximum Gasteiger partial charge on any atom is 0.265 e. The zero-order valence-electron chi connectivity index (χ0n) is 13.5. The third-order valence-electron chi connectivity index (χ3n) is 3.65. The topological polar surface area (TPSA) is 50.7 Å². The third-order valence-corrected chi connectivity index (χ3v) is 3.65. The van der Waals surface area contributed by atoms with Crippen LogP contribution in [0.4, 0.5) is 5.69 Å². The smallest absolute Gasteiger partial charge is 0.265 e. The van der Waals surface area contributed by atoms with Crippen LogP contribution in [-0.2, 0) is 9.63 Å². The van der Waals surface area contributed by atoms with Crippen molar-refractivity contribution in [3.63, 3.8) is 0 Å². The van der Waals surface area contributed by atoms with Crippen LogP contribution in [0.15, 0.2) is 59.8 Å². The minimum atomic E-state index is -0.230. The molecule has 2 rings (SSSR count). The van der Waals surface area contributed by atoms with Crippen molar-refractivity contribution in [3.8, 4) is 0 Å². The van der Waals surface area contributed by atoms with Gasteiger partial charge >= 0.3 is 0 Å². The van der Waals surface area contributed by atoms with E-state index in [-0.39, 0.29) is 12.5 Å². The van der Waals surface area contributed by atoms with Gasteiger partial charge in [-0.3, -0.25) is 4.79 Å². The molecule has 0 aromatic heterocycles. The first-order valence-corrected chi connectivity index (χ1v) is 7.79. The lowest BCUT2D eigenvalue weighted by molar-refractivity contribution is -0.120. The van der Waals surface area contributed by atoms with Crippen molar-refractivity contribution < 1.29 is 9.63 Å². The molecule has 2 aromatic carbocycles. The zero-order chi connectivity index (χ0) is 16.5. The van der Waals surface area contributed by atoms with Gasteiger partial charge in [0.25, 0.3) is 5.91 Å². The monoisotopic (exact) mass is 310 g/mol. The lowest BCUT2D eigenvalue weighted by atomic mass is 9.99. The van der Waals surface area contributed by atoms with E-state index in [2.05, 4.69) is 24.3 Å². The van der Waals surface area contributed by atoms with Crippen LogP contribution >= 0.6 is 0 Å². The van der Waals surface area contributed by atoms with E-state index >= 15 is 0 Å². The quantitative estimate of drug-likeness (QED) is 0.616. The molecule has 0 spiro atoms. The first kappa shape index (κ1) is 16.7. The number of hydrogen-bond donors (Lipinski definition) is 1. The fourth-order valence-corrected chi connectivity index (χ4v) is 2.06. The zero-order valence-corrected chi connectivity index (χ0v) is 13.5. The Hall–Kier alpha value is -2.62. The summed E-state index contributed by atoms with van der Waals surface area (Å²) in [5, 5.41) is 6.57. The molecule has 0 aliphatic heterocycles. The van der Waals surface area contributed by atoms with Crippen LogP contribution in [0.2, 0.25) is 0 Å². The van der Waals surface area contributed by atoms with E-state index in [9.17, 15) is 4.79 Å². The van der Waals surface area contributed by atoms with Crippen molar-refractivity contribution in [3.05, 3.63) is 65.7 Å². The van der Waals surface area contributed by atoms with Gasteiger partial charge in [0, 0.05) is 5.69 Å². The van der Waals surface area contributed by atoms with E-state index in [1.165, 1.54) is 5.56 Å². The fraction of sp³-hybridized carbons (Fsp3) is 0.263. The van der Waals surface area contributed by atoms with Gasteiger partial charge in [0.1, 0.15) is 0 Å². The van der Waals surface area contributed by atoms with Crippen LogP contribution in [0.3, 0.4) is 0 Å². The molecule has 23 heavy (non-hydrogen) atoms. The number of carbonyl (C=O) groups is 1. The first-order valence-electron chi connectivity index (χ1n) is 7.79. The predicted molar refractivity (Wildman–Crippen MR) is 93.8 cm³/mol. The first-order chi connectivity index (χ1) is 11.2. The summed E-state index contributed by atoms with van der Waals surface area (Å²) in [4.78, 5) is 16.8. The lowest BCUT2D eigenvalue weighted by Crippen LogP contribution is -2.17. The molecule has 120 valence electrons. The molecule has 0 unspecified atom stereocenters. The van der Waals surface area contributed by atoms with Gasteiger partial charge in [0.05, 0.1) is 6.21 Å². The molecular weight excluding hydrogens is 288 g/mol. The second-order valence-corrected chi connectivity index (χ2v) is 5.40. The number of benzene rings is 2. The molecule has 4 nitrogen and oxygen atoms in total. The highest BCUT2D eigenvalue weighted by Gasteiger charge is 2.05. The SMILES string of the molecule is CC[C@@H](C)c1ccc(NC(=O)CO/N=C\c2ccccc2)cc1. The van der Waals surface area contributed by atoms with Crippen LogP contribution in [0, 0.1) is 0 Å². The minimum Gasteiger partial charge on any atom is -0.386 e. The fourth-order valence-electron chi connectivity index (χ4n) is 2.06. The van der Waals surface area contributed by atoms with Gasteiger partial charge in [0.2, 0.25) is 0 Å². The molecule has 0 saturated heterocycles. The molecule has 0 fully saturated rings. The Morgan fingerprint density at radius 2 is 1.87 bits per heavy atom. The summed E-state index contributed by atoms with van der Waals surface area (Å²) in [6, 6.07) is 17.5. The minimum absolute atomic E-state index is 0.115. The highest BCUT2D eigenvalue weighted by atomic mass is 16.6. The van der Waals surface area contributed by atoms with E-state index < -0.39 is 0 Å². The Morgan fingerprint density at radius 1 is 1.17 bits per heavy atom. The molecule has 0 heterocycles. The van der Waals surface area contributed by atoms with E-state index in [1.807, 2.05) is 54.6 Å². The van der Waals surface area contributed by atoms with Crippen LogP contribution in [-0.4, -0.2) is 18.7 Å². The largest absolute Gasteiger partial charge is 0.386 e. The van der Waals surface area contributed by atoms with Gasteiger partial charge in [-0.05, 0) is 35.6 Å². The van der Waals surface area contributed by atoms with Crippen molar-refractivity contribution in [1.82, 2.24) is 0 Å². The van der Waals surface area contributed by atoms with Gasteiger partial charge in [-0.25, -0.2) is 0 Å². The molecule has 0 aliphatic rings. The highest BCUT2D eigenvalue weighted by molar-refractivity contribution is 5.91. The van der Waals surface area contributed by atoms with Crippen LogP contribution in [0.25, 0.3) is 0 Å². The van der Waals surface area contributed by atoms with E-state index in [1.54, 1.807) is 6.21 Å². The maximum absolute atomic E-state index is 11.8. The Labute approximate surface area is 137 Å². The molecule has 0 radical (unpaired) electrons. The number of nitrogens with zero attached hydrogens (tertiary/aromatic N) is 1. The van der Waals surface area contributed by atoms with Crippen LogP contribution < -0.4 is 5.32 Å². The van der Waals surface area contributed by atoms with E-state index in [4.69, 9.17) is 4.84 Å². The third kappa shape index (κ3) is 5.58. The number of hydrogen-bond acceptors (Lipinski definition) is 3. The summed E-state index contributed by atoms with van der Waals surface area (Å²) < 4.78 is 0. The standard InChI is InChI=1S/C19H22N2O2/c1-3-15(2)17-9-11-18(12-10-17)21-19(22)14-23-20-13-16-7-5-4-6-8-16/h4-13,15H,3,14H2,1-2H3,(H,21,22)/b20-13-/t15-/m1/s1. The molecule has 0 bridgehead atoms. The summed E-state index contributed by atoms with van der Waals surface area (Å²) in [7, 11) is 0. The Balaban J connectivity index is 1.77. The van der Waals surface area contributed by atoms with Gasteiger partial charge < -0.3 is 10.2 Å². The molecule has 2 aromatic rings. The number of nitrogens with one attached hydrogen (secondary N) is 1. The Bertz CT molecular complexity index is 636. The summed E-state index contributed by atoms with van der Waals surface area (Å²) in [5.41, 5.74) is 2.96. The van der Waals surface area contributed by atoms with E-state index in [0.717, 1.165) is 17.7 Å². The molecule has 4 heteroatoms. The predicted octanol–water partition coefficient (Wildman–Crippen LogP) is 4.19. The van der Waals surface area contributed by atoms with Crippen molar-refractivity contribution >= 4 is 17.8 Å². The Morgan fingerprint density at radius 3 is 2.52 bits per heavy atom. The number of rotatable bonds is 7. The molecule has 1 atom stereocenters. The van der Waals surface area contributed by atoms with Crippen molar-refractivity contribution in [2.45, 2.75) is 26.2 Å². The molecule has 0 aliphatic carbocycles. The van der Waals surface area contributed by atoms with Gasteiger partial charge in [-0.15, -0.1) is 0 Å². The van der Waals surface area contributed by atoms with Gasteiger partial charge in [-0.2, -0.15) is 0 Å². The number of oxime groups is 1. The number of anilines is 1. The second kappa shape index (κ2) is 8.73. The van der Waals surface area contributed by atoms with Gasteiger partial charge in [0.15, 0.2) is 6.61 Å². The summed E-state index contributed by atoms with van der Waals surface area (Å²) in [5.74, 6) is 0.293. The van der Waals surface area contributed by atoms with Crippen LogP contribution in [0.1, 0.15) is 37.3 Å². The second-order valence-electron chi connectivity index (χ2n) is 5.40. The number of carbonyl (C=O) groups excluding carboxylic acids is 1. The van der Waals surface area contributed by atoms with E-state index in [0.29, 0.717) is 5.92 Å². The normalized spacial score (nSPS) is 12.1. The summed E-state index contributed by atoms with van der Waals surface area (Å²) >= 11 is 0. The van der Waals surface area contributed by atoms with Gasteiger partial charge in [-0.1, -0.05) is 61.5 Å². The lowest BCUT2D eigenvalue weighted by Gasteiger charge is -2.10. The van der Waals surface area contributed by atoms with Crippen molar-refractivity contribution in [1.29, 1.82) is 0 Å². The average Bonchev–Trinajstić information content (AvgIpc) is 2.59. The average molecular weight is 310 g/mol. The summed E-state index contributed by atoms with van der Waals surface area (Å²) in [6.45, 7) is 4.23. The molecular formula is C19H22N2O2. The Kier molecular flexibility index (Phi) is 6.36. The maximum atomic E-state index is 11.8. The summed E-state index contributed by atoms with van der Waals surface area (Å²) in [6.07, 6.45) is 2.67. The van der Waals surface area contributed by atoms with Crippen molar-refractivity contribution in [2.75, 3.05) is 11.9 Å². The highest BCUT2D eigenvalue weighted by Crippen LogP contribution is 2.20. The molecule has 1 N–H and O–H groups in total. The molecule has 1 amide bonds. The number of amides is 1. The molecule has 0 saturated carbocycles. The van der Waals surface area contributed by atoms with Crippen LogP contribution in [0.5, 0.6) is 0 Å². The van der Waals surface area contributed by atoms with Crippen molar-refractivity contribution in [2.24, 2.45) is 5.16 Å².